The summed E-state index contributed by atoms with van der Waals surface area (Å²) in [6, 6.07) is 1.90. The summed E-state index contributed by atoms with van der Waals surface area (Å²) in [6.07, 6.45) is 5.96. The standard InChI is InChI=1S/C15H23N3O3/c1-2-21-15(20)13-9-11(16)10-17-14(13)18(7-8-19)12-5-3-4-6-12/h9-10,12,19H,2-8,16H2,1H3. The summed E-state index contributed by atoms with van der Waals surface area (Å²) in [7, 11) is 0. The maximum Gasteiger partial charge on any atom is 0.341 e. The zero-order valence-corrected chi connectivity index (χ0v) is 12.4. The number of anilines is 2. The first-order chi connectivity index (χ1) is 10.2. The lowest BCUT2D eigenvalue weighted by Gasteiger charge is -2.30. The number of nitrogen functional groups attached to an aromatic ring is 1. The van der Waals surface area contributed by atoms with Gasteiger partial charge in [0.1, 0.15) is 11.4 Å². The molecule has 1 aromatic heterocycles. The van der Waals surface area contributed by atoms with Gasteiger partial charge < -0.3 is 20.5 Å². The number of pyridine rings is 1. The SMILES string of the molecule is CCOC(=O)c1cc(N)cnc1N(CCO)C1CCCC1. The molecule has 0 amide bonds. The molecule has 0 saturated heterocycles. The quantitative estimate of drug-likeness (QED) is 0.774. The van der Waals surface area contributed by atoms with Crippen LogP contribution in [-0.2, 0) is 4.74 Å². The van der Waals surface area contributed by atoms with Gasteiger partial charge in [0.05, 0.1) is 25.1 Å². The normalized spacial score (nSPS) is 15.1. The predicted octanol–water partition coefficient (Wildman–Crippen LogP) is 1.58. The molecule has 6 heteroatoms. The van der Waals surface area contributed by atoms with Crippen LogP contribution in [0.5, 0.6) is 0 Å². The second kappa shape index (κ2) is 7.26. The molecule has 6 nitrogen and oxygen atoms in total. The van der Waals surface area contributed by atoms with E-state index in [1.807, 2.05) is 4.90 Å². The second-order valence-electron chi connectivity index (χ2n) is 5.22. The Kier molecular flexibility index (Phi) is 5.38. The Morgan fingerprint density at radius 1 is 1.52 bits per heavy atom. The molecule has 0 unspecified atom stereocenters. The smallest absolute Gasteiger partial charge is 0.341 e. The molecular weight excluding hydrogens is 270 g/mol. The number of aromatic nitrogens is 1. The fraction of sp³-hybridized carbons (Fsp3) is 0.600. The van der Waals surface area contributed by atoms with Crippen LogP contribution in [0, 0.1) is 0 Å². The third-order valence-electron chi connectivity index (χ3n) is 3.76. The van der Waals surface area contributed by atoms with E-state index in [1.165, 1.54) is 6.20 Å². The number of ether oxygens (including phenoxy) is 1. The summed E-state index contributed by atoms with van der Waals surface area (Å²) in [6.45, 7) is 2.54. The van der Waals surface area contributed by atoms with Crippen LogP contribution in [0.2, 0.25) is 0 Å². The van der Waals surface area contributed by atoms with Crippen LogP contribution in [0.4, 0.5) is 11.5 Å². The molecule has 2 rings (SSSR count). The molecule has 0 spiro atoms. The van der Waals surface area contributed by atoms with Gasteiger partial charge in [0.25, 0.3) is 0 Å². The lowest BCUT2D eigenvalue weighted by molar-refractivity contribution is 0.0526. The van der Waals surface area contributed by atoms with Gasteiger partial charge in [0.15, 0.2) is 0 Å². The number of carbonyl (C=O) groups excluding carboxylic acids is 1. The average molecular weight is 293 g/mol. The monoisotopic (exact) mass is 293 g/mol. The maximum atomic E-state index is 12.1. The minimum absolute atomic E-state index is 0.0187. The van der Waals surface area contributed by atoms with Gasteiger partial charge in [-0.3, -0.25) is 0 Å². The van der Waals surface area contributed by atoms with Crippen molar-refractivity contribution in [2.45, 2.75) is 38.6 Å². The van der Waals surface area contributed by atoms with E-state index >= 15 is 0 Å². The van der Waals surface area contributed by atoms with Crippen LogP contribution in [-0.4, -0.2) is 41.9 Å². The number of hydrogen-bond acceptors (Lipinski definition) is 6. The second-order valence-corrected chi connectivity index (χ2v) is 5.22. The van der Waals surface area contributed by atoms with E-state index in [0.29, 0.717) is 36.3 Å². The fourth-order valence-electron chi connectivity index (χ4n) is 2.85. The first kappa shape index (κ1) is 15.6. The largest absolute Gasteiger partial charge is 0.462 e. The van der Waals surface area contributed by atoms with Crippen molar-refractivity contribution in [1.29, 1.82) is 0 Å². The summed E-state index contributed by atoms with van der Waals surface area (Å²) >= 11 is 0. The van der Waals surface area contributed by atoms with Crippen molar-refractivity contribution in [1.82, 2.24) is 4.98 Å². The Hall–Kier alpha value is -1.82. The summed E-state index contributed by atoms with van der Waals surface area (Å²) in [5.41, 5.74) is 6.55. The number of nitrogens with zero attached hydrogens (tertiary/aromatic N) is 2. The lowest BCUT2D eigenvalue weighted by atomic mass is 10.1. The number of aliphatic hydroxyl groups excluding tert-OH is 1. The van der Waals surface area contributed by atoms with Crippen molar-refractivity contribution in [3.05, 3.63) is 17.8 Å². The Morgan fingerprint density at radius 3 is 2.86 bits per heavy atom. The third kappa shape index (κ3) is 3.64. The van der Waals surface area contributed by atoms with Gasteiger partial charge in [-0.05, 0) is 25.8 Å². The molecule has 0 aromatic carbocycles. The number of rotatable bonds is 6. The molecular formula is C15H23N3O3. The van der Waals surface area contributed by atoms with Gasteiger partial charge in [-0.15, -0.1) is 0 Å². The number of carbonyl (C=O) groups is 1. The third-order valence-corrected chi connectivity index (χ3v) is 3.76. The molecule has 0 radical (unpaired) electrons. The van der Waals surface area contributed by atoms with E-state index in [1.54, 1.807) is 13.0 Å². The van der Waals surface area contributed by atoms with Crippen LogP contribution < -0.4 is 10.6 Å². The summed E-state index contributed by atoms with van der Waals surface area (Å²) in [4.78, 5) is 18.5. The lowest BCUT2D eigenvalue weighted by Crippen LogP contribution is -2.37. The minimum Gasteiger partial charge on any atom is -0.462 e. The summed E-state index contributed by atoms with van der Waals surface area (Å²) in [5, 5.41) is 9.34. The van der Waals surface area contributed by atoms with Crippen LogP contribution in [0.1, 0.15) is 43.0 Å². The van der Waals surface area contributed by atoms with Gasteiger partial charge in [-0.1, -0.05) is 12.8 Å². The zero-order chi connectivity index (χ0) is 15.2. The van der Waals surface area contributed by atoms with Crippen LogP contribution >= 0.6 is 0 Å². The molecule has 1 heterocycles. The molecule has 116 valence electrons. The van der Waals surface area contributed by atoms with E-state index in [4.69, 9.17) is 10.5 Å². The van der Waals surface area contributed by atoms with Gasteiger partial charge >= 0.3 is 5.97 Å². The van der Waals surface area contributed by atoms with Crippen LogP contribution in [0.3, 0.4) is 0 Å². The number of hydrogen-bond donors (Lipinski definition) is 2. The molecule has 21 heavy (non-hydrogen) atoms. The first-order valence-electron chi connectivity index (χ1n) is 7.47. The Labute approximate surface area is 124 Å². The highest BCUT2D eigenvalue weighted by atomic mass is 16.5. The molecule has 1 aliphatic carbocycles. The molecule has 0 aliphatic heterocycles. The van der Waals surface area contributed by atoms with Gasteiger partial charge in [0.2, 0.25) is 0 Å². The van der Waals surface area contributed by atoms with Crippen molar-refractivity contribution in [2.24, 2.45) is 0 Å². The molecule has 1 aromatic rings. The molecule has 1 aliphatic rings. The predicted molar refractivity (Wildman–Crippen MR) is 81.3 cm³/mol. The van der Waals surface area contributed by atoms with Gasteiger partial charge in [-0.25, -0.2) is 9.78 Å². The highest BCUT2D eigenvalue weighted by Crippen LogP contribution is 2.30. The number of esters is 1. The zero-order valence-electron chi connectivity index (χ0n) is 12.4. The summed E-state index contributed by atoms with van der Waals surface area (Å²) < 4.78 is 5.09. The highest BCUT2D eigenvalue weighted by molar-refractivity contribution is 5.95. The van der Waals surface area contributed by atoms with Crippen LogP contribution in [0.15, 0.2) is 12.3 Å². The average Bonchev–Trinajstić information content (AvgIpc) is 2.99. The van der Waals surface area contributed by atoms with Crippen molar-refractivity contribution >= 4 is 17.5 Å². The fourth-order valence-corrected chi connectivity index (χ4v) is 2.85. The first-order valence-corrected chi connectivity index (χ1v) is 7.47. The van der Waals surface area contributed by atoms with E-state index in [9.17, 15) is 9.90 Å². The van der Waals surface area contributed by atoms with Crippen molar-refractivity contribution in [2.75, 3.05) is 30.4 Å². The molecule has 0 atom stereocenters. The Balaban J connectivity index is 2.36. The Bertz CT molecular complexity index is 487. The molecule has 3 N–H and O–H groups in total. The maximum absolute atomic E-state index is 12.1. The highest BCUT2D eigenvalue weighted by Gasteiger charge is 2.27. The van der Waals surface area contributed by atoms with Crippen molar-refractivity contribution < 1.29 is 14.6 Å². The Morgan fingerprint density at radius 2 is 2.24 bits per heavy atom. The van der Waals surface area contributed by atoms with E-state index in [2.05, 4.69) is 4.98 Å². The minimum atomic E-state index is -0.423. The van der Waals surface area contributed by atoms with E-state index in [0.717, 1.165) is 25.7 Å². The van der Waals surface area contributed by atoms with Gasteiger partial charge in [-0.2, -0.15) is 0 Å². The topological polar surface area (TPSA) is 88.7 Å². The molecule has 1 fully saturated rings. The van der Waals surface area contributed by atoms with Crippen molar-refractivity contribution in [3.8, 4) is 0 Å². The number of nitrogens with two attached hydrogens (primary N) is 1. The van der Waals surface area contributed by atoms with Gasteiger partial charge in [0, 0.05) is 12.6 Å². The van der Waals surface area contributed by atoms with E-state index < -0.39 is 5.97 Å². The molecule has 1 saturated carbocycles. The molecule has 0 bridgehead atoms. The van der Waals surface area contributed by atoms with Crippen molar-refractivity contribution in [3.63, 3.8) is 0 Å². The number of aliphatic hydroxyl groups is 1. The summed E-state index contributed by atoms with van der Waals surface area (Å²) in [5.74, 6) is 0.136. The van der Waals surface area contributed by atoms with Crippen LogP contribution in [0.25, 0.3) is 0 Å². The van der Waals surface area contributed by atoms with E-state index in [-0.39, 0.29) is 6.61 Å².